The van der Waals surface area contributed by atoms with E-state index in [4.69, 9.17) is 16.6 Å². The van der Waals surface area contributed by atoms with Gasteiger partial charge in [-0.15, -0.1) is 11.6 Å². The SMILES string of the molecule is Cc1ccnc2c1nc(C(C)Cl)n2C(C)C1CCCC1. The number of fused-ring (bicyclic) bond motifs is 1. The highest BCUT2D eigenvalue weighted by Crippen LogP contribution is 2.38. The van der Waals surface area contributed by atoms with Crippen molar-refractivity contribution in [2.75, 3.05) is 0 Å². The smallest absolute Gasteiger partial charge is 0.160 e. The molecule has 4 heteroatoms. The molecule has 2 heterocycles. The predicted molar refractivity (Wildman–Crippen MR) is 83.2 cm³/mol. The molecule has 0 N–H and O–H groups in total. The summed E-state index contributed by atoms with van der Waals surface area (Å²) in [6.07, 6.45) is 7.19. The van der Waals surface area contributed by atoms with Crippen molar-refractivity contribution in [1.82, 2.24) is 14.5 Å². The van der Waals surface area contributed by atoms with Gasteiger partial charge in [0, 0.05) is 12.2 Å². The number of rotatable bonds is 3. The molecule has 0 amide bonds. The van der Waals surface area contributed by atoms with Gasteiger partial charge in [0.05, 0.1) is 5.38 Å². The van der Waals surface area contributed by atoms with E-state index in [1.54, 1.807) is 0 Å². The normalized spacial score (nSPS) is 19.6. The van der Waals surface area contributed by atoms with Crippen molar-refractivity contribution >= 4 is 22.8 Å². The fraction of sp³-hybridized carbons (Fsp3) is 0.625. The van der Waals surface area contributed by atoms with Gasteiger partial charge in [-0.25, -0.2) is 9.97 Å². The van der Waals surface area contributed by atoms with E-state index in [-0.39, 0.29) is 5.38 Å². The molecular weight excluding hydrogens is 270 g/mol. The van der Waals surface area contributed by atoms with E-state index in [9.17, 15) is 0 Å². The number of alkyl halides is 1. The lowest BCUT2D eigenvalue weighted by atomic mass is 9.99. The monoisotopic (exact) mass is 291 g/mol. The summed E-state index contributed by atoms with van der Waals surface area (Å²) in [5, 5.41) is -0.0903. The number of imidazole rings is 1. The van der Waals surface area contributed by atoms with E-state index in [1.807, 2.05) is 19.2 Å². The predicted octanol–water partition coefficient (Wildman–Crippen LogP) is 4.79. The fourth-order valence-electron chi connectivity index (χ4n) is 3.46. The molecule has 1 aliphatic carbocycles. The molecule has 2 unspecified atom stereocenters. The summed E-state index contributed by atoms with van der Waals surface area (Å²) in [6, 6.07) is 2.44. The molecular formula is C16H22ClN3. The molecule has 2 aromatic heterocycles. The molecule has 1 fully saturated rings. The van der Waals surface area contributed by atoms with Crippen LogP contribution in [0.3, 0.4) is 0 Å². The van der Waals surface area contributed by atoms with Crippen LogP contribution in [0.4, 0.5) is 0 Å². The molecule has 2 atom stereocenters. The Labute approximate surface area is 125 Å². The summed E-state index contributed by atoms with van der Waals surface area (Å²) in [5.74, 6) is 1.69. The van der Waals surface area contributed by atoms with E-state index in [2.05, 4.69) is 23.4 Å². The highest BCUT2D eigenvalue weighted by atomic mass is 35.5. The maximum absolute atomic E-state index is 6.37. The quantitative estimate of drug-likeness (QED) is 0.761. The average Bonchev–Trinajstić information content (AvgIpc) is 3.06. The summed E-state index contributed by atoms with van der Waals surface area (Å²) in [4.78, 5) is 9.35. The lowest BCUT2D eigenvalue weighted by Gasteiger charge is -2.23. The van der Waals surface area contributed by atoms with Crippen molar-refractivity contribution in [2.24, 2.45) is 5.92 Å². The van der Waals surface area contributed by atoms with Gasteiger partial charge < -0.3 is 4.57 Å². The average molecular weight is 292 g/mol. The first-order chi connectivity index (χ1) is 9.59. The van der Waals surface area contributed by atoms with E-state index < -0.39 is 0 Å². The van der Waals surface area contributed by atoms with Gasteiger partial charge in [-0.3, -0.25) is 0 Å². The zero-order chi connectivity index (χ0) is 14.3. The minimum absolute atomic E-state index is 0.0903. The van der Waals surface area contributed by atoms with Crippen LogP contribution < -0.4 is 0 Å². The minimum Gasteiger partial charge on any atom is -0.308 e. The maximum atomic E-state index is 6.37. The largest absolute Gasteiger partial charge is 0.308 e. The topological polar surface area (TPSA) is 30.7 Å². The third-order valence-electron chi connectivity index (χ3n) is 4.65. The Kier molecular flexibility index (Phi) is 3.72. The van der Waals surface area contributed by atoms with Crippen LogP contribution in [0, 0.1) is 12.8 Å². The number of pyridine rings is 1. The Balaban J connectivity index is 2.15. The number of nitrogens with zero attached hydrogens (tertiary/aromatic N) is 3. The second-order valence-corrected chi connectivity index (χ2v) is 6.70. The van der Waals surface area contributed by atoms with E-state index >= 15 is 0 Å². The molecule has 3 rings (SSSR count). The molecule has 2 aromatic rings. The van der Waals surface area contributed by atoms with Gasteiger partial charge in [-0.1, -0.05) is 12.8 Å². The van der Waals surface area contributed by atoms with Crippen LogP contribution in [0.25, 0.3) is 11.2 Å². The molecule has 0 aliphatic heterocycles. The number of hydrogen-bond acceptors (Lipinski definition) is 2. The zero-order valence-corrected chi connectivity index (χ0v) is 13.2. The molecule has 20 heavy (non-hydrogen) atoms. The first-order valence-corrected chi connectivity index (χ1v) is 8.00. The third kappa shape index (κ3) is 2.22. The molecule has 1 saturated carbocycles. The van der Waals surface area contributed by atoms with Crippen LogP contribution in [0.2, 0.25) is 0 Å². The lowest BCUT2D eigenvalue weighted by molar-refractivity contribution is 0.358. The van der Waals surface area contributed by atoms with Gasteiger partial charge in [-0.05, 0) is 51.2 Å². The standard InChI is InChI=1S/C16H22ClN3/c1-10-8-9-18-16-14(10)19-15(11(2)17)20(16)12(3)13-6-4-5-7-13/h8-9,11-13H,4-7H2,1-3H3. The second kappa shape index (κ2) is 5.36. The van der Waals surface area contributed by atoms with Crippen molar-refractivity contribution in [3.63, 3.8) is 0 Å². The van der Waals surface area contributed by atoms with Gasteiger partial charge in [0.1, 0.15) is 11.3 Å². The van der Waals surface area contributed by atoms with Crippen molar-refractivity contribution in [3.05, 3.63) is 23.7 Å². The van der Waals surface area contributed by atoms with Gasteiger partial charge >= 0.3 is 0 Å². The number of aromatic nitrogens is 3. The summed E-state index contributed by atoms with van der Waals surface area (Å²) < 4.78 is 2.29. The van der Waals surface area contributed by atoms with Crippen LogP contribution in [-0.4, -0.2) is 14.5 Å². The van der Waals surface area contributed by atoms with E-state index in [0.29, 0.717) is 6.04 Å². The van der Waals surface area contributed by atoms with Gasteiger partial charge in [0.2, 0.25) is 0 Å². The molecule has 0 radical (unpaired) electrons. The molecule has 0 bridgehead atoms. The Morgan fingerprint density at radius 3 is 2.65 bits per heavy atom. The van der Waals surface area contributed by atoms with Gasteiger partial charge in [0.15, 0.2) is 5.65 Å². The molecule has 0 saturated heterocycles. The molecule has 3 nitrogen and oxygen atoms in total. The van der Waals surface area contributed by atoms with Crippen LogP contribution in [-0.2, 0) is 0 Å². The van der Waals surface area contributed by atoms with Crippen molar-refractivity contribution in [2.45, 2.75) is 57.9 Å². The van der Waals surface area contributed by atoms with E-state index in [0.717, 1.165) is 22.9 Å². The van der Waals surface area contributed by atoms with Crippen LogP contribution in [0.15, 0.2) is 12.3 Å². The van der Waals surface area contributed by atoms with Gasteiger partial charge in [-0.2, -0.15) is 0 Å². The summed E-state index contributed by atoms with van der Waals surface area (Å²) >= 11 is 6.37. The zero-order valence-electron chi connectivity index (χ0n) is 12.4. The maximum Gasteiger partial charge on any atom is 0.160 e. The molecule has 0 spiro atoms. The summed E-state index contributed by atoms with van der Waals surface area (Å²) in [5.41, 5.74) is 3.16. The number of halogens is 1. The highest BCUT2D eigenvalue weighted by Gasteiger charge is 2.28. The van der Waals surface area contributed by atoms with Gasteiger partial charge in [0.25, 0.3) is 0 Å². The Hall–Kier alpha value is -1.09. The first-order valence-electron chi connectivity index (χ1n) is 7.57. The van der Waals surface area contributed by atoms with E-state index in [1.165, 1.54) is 31.2 Å². The van der Waals surface area contributed by atoms with Crippen LogP contribution in [0.1, 0.15) is 62.3 Å². The number of hydrogen-bond donors (Lipinski definition) is 0. The summed E-state index contributed by atoms with van der Waals surface area (Å²) in [7, 11) is 0. The van der Waals surface area contributed by atoms with Crippen molar-refractivity contribution in [3.8, 4) is 0 Å². The van der Waals surface area contributed by atoms with Crippen LogP contribution >= 0.6 is 11.6 Å². The summed E-state index contributed by atoms with van der Waals surface area (Å²) in [6.45, 7) is 6.38. The Morgan fingerprint density at radius 2 is 2.00 bits per heavy atom. The molecule has 108 valence electrons. The molecule has 0 aromatic carbocycles. The van der Waals surface area contributed by atoms with Crippen molar-refractivity contribution in [1.29, 1.82) is 0 Å². The second-order valence-electron chi connectivity index (χ2n) is 6.04. The number of aryl methyl sites for hydroxylation is 1. The highest BCUT2D eigenvalue weighted by molar-refractivity contribution is 6.20. The van der Waals surface area contributed by atoms with Crippen molar-refractivity contribution < 1.29 is 0 Å². The van der Waals surface area contributed by atoms with Crippen LogP contribution in [0.5, 0.6) is 0 Å². The Morgan fingerprint density at radius 1 is 1.30 bits per heavy atom. The first kappa shape index (κ1) is 13.9. The Bertz CT molecular complexity index is 611. The molecule has 1 aliphatic rings. The fourth-order valence-corrected chi connectivity index (χ4v) is 3.61. The third-order valence-corrected chi connectivity index (χ3v) is 4.85. The lowest BCUT2D eigenvalue weighted by Crippen LogP contribution is -2.17. The minimum atomic E-state index is -0.0903.